The summed E-state index contributed by atoms with van der Waals surface area (Å²) < 4.78 is 1.55. The summed E-state index contributed by atoms with van der Waals surface area (Å²) in [6.07, 6.45) is 0. The van der Waals surface area contributed by atoms with Crippen LogP contribution in [0.3, 0.4) is 0 Å². The van der Waals surface area contributed by atoms with Crippen LogP contribution in [0.2, 0.25) is 0 Å². The monoisotopic (exact) mass is 348 g/mol. The molecule has 26 heavy (non-hydrogen) atoms. The molecule has 2 aromatic carbocycles. The molecule has 132 valence electrons. The van der Waals surface area contributed by atoms with Gasteiger partial charge >= 0.3 is 0 Å². The van der Waals surface area contributed by atoms with Gasteiger partial charge in [-0.2, -0.15) is 0 Å². The number of fused-ring (bicyclic) bond motifs is 1. The molecule has 4 rings (SSSR count). The summed E-state index contributed by atoms with van der Waals surface area (Å²) in [5.41, 5.74) is 3.35. The second kappa shape index (κ2) is 6.38. The van der Waals surface area contributed by atoms with Gasteiger partial charge in [-0.3, -0.25) is 14.2 Å². The van der Waals surface area contributed by atoms with E-state index in [1.54, 1.807) is 11.6 Å². The largest absolute Gasteiger partial charge is 0.353 e. The fourth-order valence-corrected chi connectivity index (χ4v) is 3.41. The van der Waals surface area contributed by atoms with Gasteiger partial charge in [-0.25, -0.2) is 4.98 Å². The van der Waals surface area contributed by atoms with Crippen LogP contribution in [0, 0.1) is 6.92 Å². The van der Waals surface area contributed by atoms with Gasteiger partial charge in [-0.1, -0.05) is 30.3 Å². The van der Waals surface area contributed by atoms with Crippen molar-refractivity contribution in [2.45, 2.75) is 13.0 Å². The molecule has 2 N–H and O–H groups in total. The van der Waals surface area contributed by atoms with Gasteiger partial charge in [0.15, 0.2) is 0 Å². The maximum absolute atomic E-state index is 12.6. The highest BCUT2D eigenvalue weighted by Gasteiger charge is 2.25. The van der Waals surface area contributed by atoms with E-state index in [-0.39, 0.29) is 11.5 Å². The predicted molar refractivity (Wildman–Crippen MR) is 101 cm³/mol. The lowest BCUT2D eigenvalue weighted by Gasteiger charge is -2.25. The van der Waals surface area contributed by atoms with Gasteiger partial charge in [0.05, 0.1) is 10.9 Å². The normalized spacial score (nSPS) is 17.3. The molecule has 0 saturated carbocycles. The topological polar surface area (TPSA) is 76.0 Å². The van der Waals surface area contributed by atoms with E-state index in [0.29, 0.717) is 23.3 Å². The number of nitrogens with one attached hydrogen (secondary N) is 2. The van der Waals surface area contributed by atoms with Crippen molar-refractivity contribution in [1.82, 2.24) is 20.2 Å². The standard InChI is InChI=1S/C20H20N4O2/c1-12-23-17-8-7-13(11-16(17)20(26)24(12)2)14-5-3-4-6-15(14)18-19(25)22-10-9-21-18/h3-8,11,18,21H,9-10H2,1-2H3,(H,22,25). The molecule has 0 bridgehead atoms. The number of benzene rings is 2. The minimum atomic E-state index is -0.394. The number of carbonyl (C=O) groups is 1. The van der Waals surface area contributed by atoms with Gasteiger partial charge in [0, 0.05) is 20.1 Å². The molecule has 1 aliphatic rings. The van der Waals surface area contributed by atoms with Gasteiger partial charge < -0.3 is 10.6 Å². The molecule has 1 fully saturated rings. The molecule has 1 amide bonds. The molecule has 0 aliphatic carbocycles. The van der Waals surface area contributed by atoms with Gasteiger partial charge in [-0.15, -0.1) is 0 Å². The van der Waals surface area contributed by atoms with Crippen LogP contribution >= 0.6 is 0 Å². The van der Waals surface area contributed by atoms with Crippen molar-refractivity contribution in [2.75, 3.05) is 13.1 Å². The molecule has 0 radical (unpaired) electrons. The summed E-state index contributed by atoms with van der Waals surface area (Å²) in [5, 5.41) is 6.74. The number of aryl methyl sites for hydroxylation is 1. The molecule has 1 aromatic heterocycles. The highest BCUT2D eigenvalue weighted by atomic mass is 16.2. The minimum absolute atomic E-state index is 0.0299. The Labute approximate surface area is 150 Å². The average molecular weight is 348 g/mol. The predicted octanol–water partition coefficient (Wildman–Crippen LogP) is 1.67. The molecule has 2 heterocycles. The molecular weight excluding hydrogens is 328 g/mol. The molecule has 1 saturated heterocycles. The van der Waals surface area contributed by atoms with Crippen LogP contribution in [0.5, 0.6) is 0 Å². The summed E-state index contributed by atoms with van der Waals surface area (Å²) in [6.45, 7) is 3.18. The van der Waals surface area contributed by atoms with Gasteiger partial charge in [0.25, 0.3) is 5.56 Å². The third-order valence-electron chi connectivity index (χ3n) is 4.92. The second-order valence-corrected chi connectivity index (χ2v) is 6.52. The molecule has 0 spiro atoms. The molecule has 3 aromatic rings. The SMILES string of the molecule is Cc1nc2ccc(-c3ccccc3C3NCCNC3=O)cc2c(=O)n1C. The zero-order valence-corrected chi connectivity index (χ0v) is 14.7. The van der Waals surface area contributed by atoms with Crippen molar-refractivity contribution < 1.29 is 4.79 Å². The van der Waals surface area contributed by atoms with Crippen LogP contribution in [0.1, 0.15) is 17.4 Å². The van der Waals surface area contributed by atoms with E-state index in [1.165, 1.54) is 0 Å². The number of carbonyl (C=O) groups excluding carboxylic acids is 1. The zero-order chi connectivity index (χ0) is 18.3. The number of hydrogen-bond acceptors (Lipinski definition) is 4. The first-order chi connectivity index (χ1) is 12.6. The summed E-state index contributed by atoms with van der Waals surface area (Å²) in [4.78, 5) is 29.4. The van der Waals surface area contributed by atoms with E-state index in [0.717, 1.165) is 23.2 Å². The van der Waals surface area contributed by atoms with Crippen LogP contribution in [-0.2, 0) is 11.8 Å². The number of aromatic nitrogens is 2. The molecule has 1 atom stereocenters. The quantitative estimate of drug-likeness (QED) is 0.739. The van der Waals surface area contributed by atoms with E-state index >= 15 is 0 Å². The molecule has 6 nitrogen and oxygen atoms in total. The van der Waals surface area contributed by atoms with Crippen molar-refractivity contribution in [3.8, 4) is 11.1 Å². The smallest absolute Gasteiger partial charge is 0.261 e. The van der Waals surface area contributed by atoms with E-state index < -0.39 is 6.04 Å². The molecule has 6 heteroatoms. The highest BCUT2D eigenvalue weighted by Crippen LogP contribution is 2.30. The summed E-state index contributed by atoms with van der Waals surface area (Å²) in [7, 11) is 1.72. The van der Waals surface area contributed by atoms with Crippen molar-refractivity contribution >= 4 is 16.8 Å². The van der Waals surface area contributed by atoms with Crippen LogP contribution in [0.15, 0.2) is 47.3 Å². The average Bonchev–Trinajstić information content (AvgIpc) is 2.66. The first-order valence-electron chi connectivity index (χ1n) is 8.64. The number of piperazine rings is 1. The maximum atomic E-state index is 12.6. The molecule has 1 unspecified atom stereocenters. The van der Waals surface area contributed by atoms with Gasteiger partial charge in [0.2, 0.25) is 5.91 Å². The van der Waals surface area contributed by atoms with E-state index in [2.05, 4.69) is 15.6 Å². The van der Waals surface area contributed by atoms with Gasteiger partial charge in [0.1, 0.15) is 11.9 Å². The Kier molecular flexibility index (Phi) is 4.05. The first kappa shape index (κ1) is 16.5. The van der Waals surface area contributed by atoms with Crippen molar-refractivity contribution in [1.29, 1.82) is 0 Å². The summed E-state index contributed by atoms with van der Waals surface area (Å²) >= 11 is 0. The van der Waals surface area contributed by atoms with Crippen molar-refractivity contribution in [2.24, 2.45) is 7.05 Å². The lowest BCUT2D eigenvalue weighted by Crippen LogP contribution is -2.47. The Hall–Kier alpha value is -2.99. The van der Waals surface area contributed by atoms with E-state index in [9.17, 15) is 9.59 Å². The van der Waals surface area contributed by atoms with Crippen LogP contribution in [-0.4, -0.2) is 28.5 Å². The Morgan fingerprint density at radius 2 is 1.92 bits per heavy atom. The molecule has 1 aliphatic heterocycles. The third-order valence-corrected chi connectivity index (χ3v) is 4.92. The summed E-state index contributed by atoms with van der Waals surface area (Å²) in [6, 6.07) is 13.1. The second-order valence-electron chi connectivity index (χ2n) is 6.52. The fourth-order valence-electron chi connectivity index (χ4n) is 3.41. The summed E-state index contributed by atoms with van der Waals surface area (Å²) in [5.74, 6) is 0.649. The first-order valence-corrected chi connectivity index (χ1v) is 8.64. The maximum Gasteiger partial charge on any atom is 0.261 e. The Bertz CT molecular complexity index is 1070. The Morgan fingerprint density at radius 1 is 1.12 bits per heavy atom. The number of rotatable bonds is 2. The van der Waals surface area contributed by atoms with Crippen LogP contribution in [0.4, 0.5) is 0 Å². The van der Waals surface area contributed by atoms with Crippen LogP contribution < -0.4 is 16.2 Å². The van der Waals surface area contributed by atoms with Crippen LogP contribution in [0.25, 0.3) is 22.0 Å². The minimum Gasteiger partial charge on any atom is -0.353 e. The lowest BCUT2D eigenvalue weighted by atomic mass is 9.93. The van der Waals surface area contributed by atoms with Crippen molar-refractivity contribution in [3.63, 3.8) is 0 Å². The Balaban J connectivity index is 1.89. The van der Waals surface area contributed by atoms with E-state index in [4.69, 9.17) is 0 Å². The zero-order valence-electron chi connectivity index (χ0n) is 14.7. The fraction of sp³-hybridized carbons (Fsp3) is 0.250. The van der Waals surface area contributed by atoms with Crippen molar-refractivity contribution in [3.05, 3.63) is 64.2 Å². The Morgan fingerprint density at radius 3 is 2.73 bits per heavy atom. The molecular formula is C20H20N4O2. The number of amides is 1. The van der Waals surface area contributed by atoms with Gasteiger partial charge in [-0.05, 0) is 35.7 Å². The lowest BCUT2D eigenvalue weighted by molar-refractivity contribution is -0.124. The van der Waals surface area contributed by atoms with E-state index in [1.807, 2.05) is 49.4 Å². The number of hydrogen-bond donors (Lipinski definition) is 2. The highest BCUT2D eigenvalue weighted by molar-refractivity contribution is 5.89. The number of nitrogens with zero attached hydrogens (tertiary/aromatic N) is 2. The third kappa shape index (κ3) is 2.68.